The summed E-state index contributed by atoms with van der Waals surface area (Å²) in [5.41, 5.74) is 0.815. The highest BCUT2D eigenvalue weighted by Crippen LogP contribution is 2.49. The van der Waals surface area contributed by atoms with Gasteiger partial charge in [-0.2, -0.15) is 0 Å². The topological polar surface area (TPSA) is 30.5 Å². The number of rotatable bonds is 7. The van der Waals surface area contributed by atoms with Gasteiger partial charge in [-0.3, -0.25) is 0 Å². The molecule has 3 aliphatic rings. The number of ether oxygens (including phenoxy) is 2. The van der Waals surface area contributed by atoms with Gasteiger partial charge in [0.2, 0.25) is 0 Å². The van der Waals surface area contributed by atoms with Gasteiger partial charge in [0.15, 0.2) is 0 Å². The summed E-state index contributed by atoms with van der Waals surface area (Å²) in [6.07, 6.45) is 15.5. The molecule has 1 unspecified atom stereocenters. The van der Waals surface area contributed by atoms with Crippen LogP contribution in [0.1, 0.15) is 70.6 Å². The van der Waals surface area contributed by atoms with E-state index in [0.717, 1.165) is 19.7 Å². The number of hydrogen-bond donors (Lipinski definition) is 1. The highest BCUT2D eigenvalue weighted by atomic mass is 16.5. The Hall–Kier alpha value is -0.120. The van der Waals surface area contributed by atoms with E-state index in [4.69, 9.17) is 9.47 Å². The zero-order chi connectivity index (χ0) is 14.6. The van der Waals surface area contributed by atoms with E-state index < -0.39 is 0 Å². The molecule has 0 amide bonds. The monoisotopic (exact) mass is 295 g/mol. The first kappa shape index (κ1) is 15.8. The van der Waals surface area contributed by atoms with Crippen LogP contribution in [0.5, 0.6) is 0 Å². The maximum absolute atomic E-state index is 6.60. The van der Waals surface area contributed by atoms with Crippen LogP contribution in [0.3, 0.4) is 0 Å². The molecule has 3 heteroatoms. The molecule has 1 N–H and O–H groups in total. The molecule has 1 aliphatic heterocycles. The number of methoxy groups -OCH3 is 1. The van der Waals surface area contributed by atoms with Gasteiger partial charge < -0.3 is 14.8 Å². The van der Waals surface area contributed by atoms with Gasteiger partial charge in [0.05, 0.1) is 18.3 Å². The maximum Gasteiger partial charge on any atom is 0.0687 e. The van der Waals surface area contributed by atoms with Gasteiger partial charge >= 0.3 is 0 Å². The summed E-state index contributed by atoms with van der Waals surface area (Å²) < 4.78 is 11.7. The fraction of sp³-hybridized carbons (Fsp3) is 1.00. The quantitative estimate of drug-likeness (QED) is 0.727. The minimum absolute atomic E-state index is 0.289. The summed E-state index contributed by atoms with van der Waals surface area (Å²) in [6, 6.07) is 0. The fourth-order valence-electron chi connectivity index (χ4n) is 4.74. The Bertz CT molecular complexity index is 321. The van der Waals surface area contributed by atoms with Crippen LogP contribution in [0.25, 0.3) is 0 Å². The van der Waals surface area contributed by atoms with E-state index >= 15 is 0 Å². The normalized spacial score (nSPS) is 30.4. The molecule has 0 aromatic carbocycles. The molecular weight excluding hydrogens is 262 g/mol. The molecule has 1 heterocycles. The minimum atomic E-state index is 0.289. The van der Waals surface area contributed by atoms with Crippen molar-refractivity contribution < 1.29 is 9.47 Å². The highest BCUT2D eigenvalue weighted by molar-refractivity contribution is 4.97. The Morgan fingerprint density at radius 2 is 1.86 bits per heavy atom. The molecule has 0 aromatic rings. The lowest BCUT2D eigenvalue weighted by Gasteiger charge is -2.44. The molecule has 3 fully saturated rings. The average molecular weight is 295 g/mol. The van der Waals surface area contributed by atoms with E-state index in [9.17, 15) is 0 Å². The fourth-order valence-corrected chi connectivity index (χ4v) is 4.74. The van der Waals surface area contributed by atoms with Crippen molar-refractivity contribution in [2.24, 2.45) is 5.41 Å². The summed E-state index contributed by atoms with van der Waals surface area (Å²) in [6.45, 7) is 2.95. The molecule has 0 radical (unpaired) electrons. The molecule has 1 spiro atoms. The summed E-state index contributed by atoms with van der Waals surface area (Å²) in [5, 5.41) is 3.59. The Kier molecular flexibility index (Phi) is 5.23. The van der Waals surface area contributed by atoms with Gasteiger partial charge in [-0.15, -0.1) is 0 Å². The molecule has 2 saturated carbocycles. The van der Waals surface area contributed by atoms with Gasteiger partial charge in [-0.25, -0.2) is 0 Å². The Morgan fingerprint density at radius 3 is 2.52 bits per heavy atom. The first-order valence-electron chi connectivity index (χ1n) is 9.14. The molecule has 1 saturated heterocycles. The van der Waals surface area contributed by atoms with Crippen LogP contribution in [-0.2, 0) is 9.47 Å². The zero-order valence-corrected chi connectivity index (χ0v) is 13.8. The van der Waals surface area contributed by atoms with Crippen molar-refractivity contribution in [3.05, 3.63) is 0 Å². The van der Waals surface area contributed by atoms with Crippen LogP contribution in [-0.4, -0.2) is 38.5 Å². The molecule has 1 atom stereocenters. The van der Waals surface area contributed by atoms with E-state index in [1.807, 2.05) is 0 Å². The molecule has 122 valence electrons. The van der Waals surface area contributed by atoms with E-state index in [0.29, 0.717) is 11.5 Å². The second-order valence-corrected chi connectivity index (χ2v) is 7.75. The van der Waals surface area contributed by atoms with Gasteiger partial charge in [0.1, 0.15) is 0 Å². The third kappa shape index (κ3) is 3.80. The summed E-state index contributed by atoms with van der Waals surface area (Å²) >= 11 is 0. The lowest BCUT2D eigenvalue weighted by Crippen LogP contribution is -2.43. The van der Waals surface area contributed by atoms with Crippen LogP contribution in [0.4, 0.5) is 0 Å². The van der Waals surface area contributed by atoms with Crippen molar-refractivity contribution in [2.75, 3.05) is 26.8 Å². The standard InChI is InChI=1S/C18H33NO2/c1-20-13-12-19-15-17(7-5-8-17)14-16-6-11-18(21-16)9-3-2-4-10-18/h16,19H,2-15H2,1H3. The second-order valence-electron chi connectivity index (χ2n) is 7.75. The Morgan fingerprint density at radius 1 is 1.05 bits per heavy atom. The van der Waals surface area contributed by atoms with Crippen LogP contribution in [0, 0.1) is 5.41 Å². The van der Waals surface area contributed by atoms with E-state index in [1.54, 1.807) is 7.11 Å². The summed E-state index contributed by atoms with van der Waals surface area (Å²) in [7, 11) is 1.77. The van der Waals surface area contributed by atoms with Crippen LogP contribution >= 0.6 is 0 Å². The summed E-state index contributed by atoms with van der Waals surface area (Å²) in [4.78, 5) is 0. The Labute approximate surface area is 130 Å². The predicted molar refractivity (Wildman–Crippen MR) is 85.6 cm³/mol. The lowest BCUT2D eigenvalue weighted by atomic mass is 9.65. The molecule has 2 aliphatic carbocycles. The van der Waals surface area contributed by atoms with Crippen molar-refractivity contribution in [1.82, 2.24) is 5.32 Å². The second kappa shape index (κ2) is 6.97. The molecule has 3 rings (SSSR count). The Balaban J connectivity index is 1.46. The van der Waals surface area contributed by atoms with E-state index in [1.165, 1.54) is 70.6 Å². The van der Waals surface area contributed by atoms with Crippen LogP contribution < -0.4 is 5.32 Å². The molecular formula is C18H33NO2. The average Bonchev–Trinajstić information content (AvgIpc) is 2.84. The van der Waals surface area contributed by atoms with Crippen molar-refractivity contribution in [2.45, 2.75) is 82.3 Å². The lowest BCUT2D eigenvalue weighted by molar-refractivity contribution is -0.0847. The third-order valence-electron chi connectivity index (χ3n) is 6.16. The van der Waals surface area contributed by atoms with Gasteiger partial charge in [0, 0.05) is 20.2 Å². The van der Waals surface area contributed by atoms with Crippen molar-refractivity contribution in [1.29, 1.82) is 0 Å². The molecule has 21 heavy (non-hydrogen) atoms. The van der Waals surface area contributed by atoms with E-state index in [-0.39, 0.29) is 5.60 Å². The first-order valence-corrected chi connectivity index (χ1v) is 9.14. The highest BCUT2D eigenvalue weighted by Gasteiger charge is 2.45. The minimum Gasteiger partial charge on any atom is -0.383 e. The third-order valence-corrected chi connectivity index (χ3v) is 6.16. The van der Waals surface area contributed by atoms with Crippen LogP contribution in [0.2, 0.25) is 0 Å². The van der Waals surface area contributed by atoms with Crippen molar-refractivity contribution >= 4 is 0 Å². The maximum atomic E-state index is 6.60. The van der Waals surface area contributed by atoms with Gasteiger partial charge in [-0.1, -0.05) is 25.7 Å². The smallest absolute Gasteiger partial charge is 0.0687 e. The largest absolute Gasteiger partial charge is 0.383 e. The molecule has 0 aromatic heterocycles. The summed E-state index contributed by atoms with van der Waals surface area (Å²) in [5.74, 6) is 0. The SMILES string of the molecule is COCCNCC1(CC2CCC3(CCCCC3)O2)CCC1. The van der Waals surface area contributed by atoms with E-state index in [2.05, 4.69) is 5.32 Å². The molecule has 0 bridgehead atoms. The predicted octanol–water partition coefficient (Wildman–Crippen LogP) is 3.66. The van der Waals surface area contributed by atoms with Crippen molar-refractivity contribution in [3.8, 4) is 0 Å². The zero-order valence-electron chi connectivity index (χ0n) is 13.8. The number of nitrogens with one attached hydrogen (secondary N) is 1. The molecule has 3 nitrogen and oxygen atoms in total. The first-order chi connectivity index (χ1) is 10.3. The van der Waals surface area contributed by atoms with Crippen molar-refractivity contribution in [3.63, 3.8) is 0 Å². The van der Waals surface area contributed by atoms with Gasteiger partial charge in [-0.05, 0) is 50.4 Å². The van der Waals surface area contributed by atoms with Gasteiger partial charge in [0.25, 0.3) is 0 Å². The van der Waals surface area contributed by atoms with Crippen LogP contribution in [0.15, 0.2) is 0 Å². The number of hydrogen-bond acceptors (Lipinski definition) is 3.